The summed E-state index contributed by atoms with van der Waals surface area (Å²) in [4.78, 5) is 12.6. The van der Waals surface area contributed by atoms with Crippen molar-refractivity contribution in [3.8, 4) is 11.5 Å². The van der Waals surface area contributed by atoms with Gasteiger partial charge in [-0.3, -0.25) is 4.79 Å². The lowest BCUT2D eigenvalue weighted by atomic mass is 9.75. The highest BCUT2D eigenvalue weighted by Crippen LogP contribution is 2.42. The van der Waals surface area contributed by atoms with Crippen LogP contribution in [-0.4, -0.2) is 13.1 Å². The van der Waals surface area contributed by atoms with E-state index >= 15 is 8.78 Å². The monoisotopic (exact) mass is 516 g/mol. The van der Waals surface area contributed by atoms with E-state index in [1.165, 1.54) is 51.0 Å². The number of halogens is 3. The lowest BCUT2D eigenvalue weighted by Gasteiger charge is -2.30. The van der Waals surface area contributed by atoms with Crippen molar-refractivity contribution in [3.63, 3.8) is 0 Å². The largest absolute Gasteiger partial charge is 0.497 e. The normalized spacial score (nSPS) is 24.0. The summed E-state index contributed by atoms with van der Waals surface area (Å²) < 4.78 is 54.8. The topological polar surface area (TPSA) is 35.5 Å². The molecule has 0 N–H and O–H groups in total. The second kappa shape index (κ2) is 12.8. The zero-order valence-electron chi connectivity index (χ0n) is 22.0. The van der Waals surface area contributed by atoms with Crippen LogP contribution in [0.25, 0.3) is 0 Å². The Morgan fingerprint density at radius 2 is 1.43 bits per heavy atom. The number of unbranched alkanes of at least 4 members (excludes halogenated alkanes) is 2. The molecule has 6 heteroatoms. The van der Waals surface area contributed by atoms with E-state index in [-0.39, 0.29) is 17.6 Å². The number of esters is 1. The average Bonchev–Trinajstić information content (AvgIpc) is 2.92. The van der Waals surface area contributed by atoms with E-state index in [4.69, 9.17) is 9.47 Å². The van der Waals surface area contributed by atoms with Crippen molar-refractivity contribution >= 4 is 5.97 Å². The molecule has 0 unspecified atom stereocenters. The summed E-state index contributed by atoms with van der Waals surface area (Å²) in [7, 11) is 1.43. The van der Waals surface area contributed by atoms with Crippen LogP contribution in [0.1, 0.15) is 107 Å². The zero-order valence-corrected chi connectivity index (χ0v) is 22.0. The highest BCUT2D eigenvalue weighted by atomic mass is 19.2. The Bertz CT molecular complexity index is 1050. The molecule has 0 bridgehead atoms. The lowest BCUT2D eigenvalue weighted by Crippen LogP contribution is -2.26. The van der Waals surface area contributed by atoms with Crippen molar-refractivity contribution in [1.82, 2.24) is 0 Å². The fourth-order valence-corrected chi connectivity index (χ4v) is 6.18. The molecule has 0 amide bonds. The van der Waals surface area contributed by atoms with E-state index < -0.39 is 29.3 Å². The van der Waals surface area contributed by atoms with E-state index in [9.17, 15) is 9.18 Å². The number of hydrogen-bond acceptors (Lipinski definition) is 3. The van der Waals surface area contributed by atoms with Crippen LogP contribution in [-0.2, 0) is 4.79 Å². The van der Waals surface area contributed by atoms with Crippen LogP contribution in [0, 0.1) is 29.3 Å². The van der Waals surface area contributed by atoms with Crippen molar-refractivity contribution < 1.29 is 27.4 Å². The van der Waals surface area contributed by atoms with E-state index in [0.717, 1.165) is 31.6 Å². The Kier molecular flexibility index (Phi) is 9.55. The van der Waals surface area contributed by atoms with Crippen LogP contribution in [0.2, 0.25) is 0 Å². The summed E-state index contributed by atoms with van der Waals surface area (Å²) >= 11 is 0. The molecule has 37 heavy (non-hydrogen) atoms. The molecule has 0 aliphatic heterocycles. The van der Waals surface area contributed by atoms with Gasteiger partial charge in [0, 0.05) is 6.07 Å². The third-order valence-electron chi connectivity index (χ3n) is 8.49. The molecule has 3 nitrogen and oxygen atoms in total. The average molecular weight is 517 g/mol. The van der Waals surface area contributed by atoms with E-state index in [0.29, 0.717) is 42.6 Å². The van der Waals surface area contributed by atoms with Gasteiger partial charge in [-0.15, -0.1) is 0 Å². The number of methoxy groups -OCH3 is 1. The van der Waals surface area contributed by atoms with Gasteiger partial charge in [0.15, 0.2) is 23.2 Å². The molecule has 2 aromatic rings. The molecule has 0 aromatic heterocycles. The molecule has 0 atom stereocenters. The van der Waals surface area contributed by atoms with Gasteiger partial charge in [0.2, 0.25) is 0 Å². The van der Waals surface area contributed by atoms with Gasteiger partial charge in [0.25, 0.3) is 0 Å². The Labute approximate surface area is 218 Å². The van der Waals surface area contributed by atoms with Crippen molar-refractivity contribution in [1.29, 1.82) is 0 Å². The van der Waals surface area contributed by atoms with Crippen LogP contribution in [0.5, 0.6) is 11.5 Å². The molecular formula is C31H39F3O3. The predicted molar refractivity (Wildman–Crippen MR) is 138 cm³/mol. The van der Waals surface area contributed by atoms with Gasteiger partial charge in [-0.2, -0.15) is 0 Å². The Balaban J connectivity index is 1.32. The minimum Gasteiger partial charge on any atom is -0.497 e. The number of rotatable bonds is 9. The van der Waals surface area contributed by atoms with Crippen LogP contribution < -0.4 is 9.47 Å². The van der Waals surface area contributed by atoms with Gasteiger partial charge in [-0.25, -0.2) is 13.2 Å². The fraction of sp³-hybridized carbons (Fsp3) is 0.581. The first kappa shape index (κ1) is 27.5. The molecule has 202 valence electrons. The van der Waals surface area contributed by atoms with Crippen molar-refractivity contribution in [2.24, 2.45) is 11.8 Å². The van der Waals surface area contributed by atoms with Crippen LogP contribution in [0.15, 0.2) is 30.3 Å². The standard InChI is InChI=1S/C31H39F3O3/c1-3-4-5-6-20-7-9-21(10-8-20)25-16-17-26(30(34)29(25)33)22-11-13-23(14-12-22)31(35)37-28-18-15-24(36-2)19-27(28)32/h15-23H,3-14H2,1-2H3. The zero-order chi connectivity index (χ0) is 26.4. The summed E-state index contributed by atoms with van der Waals surface area (Å²) in [5, 5.41) is 0. The van der Waals surface area contributed by atoms with E-state index in [2.05, 4.69) is 6.92 Å². The SMILES string of the molecule is CCCCCC1CCC(c2ccc(C3CCC(C(=O)Oc4ccc(OC)cc4F)CC3)c(F)c2F)CC1. The third kappa shape index (κ3) is 6.69. The Morgan fingerprint density at radius 3 is 1.97 bits per heavy atom. The van der Waals surface area contributed by atoms with Gasteiger partial charge in [-0.1, -0.05) is 44.7 Å². The van der Waals surface area contributed by atoms with E-state index in [1.54, 1.807) is 12.1 Å². The van der Waals surface area contributed by atoms with Gasteiger partial charge < -0.3 is 9.47 Å². The number of benzene rings is 2. The lowest BCUT2D eigenvalue weighted by molar-refractivity contribution is -0.140. The predicted octanol–water partition coefficient (Wildman–Crippen LogP) is 8.85. The fourth-order valence-electron chi connectivity index (χ4n) is 6.18. The summed E-state index contributed by atoms with van der Waals surface area (Å²) in [5.74, 6) is -2.08. The Morgan fingerprint density at radius 1 is 0.838 bits per heavy atom. The summed E-state index contributed by atoms with van der Waals surface area (Å²) in [6.07, 6.45) is 11.2. The Hall–Kier alpha value is -2.50. The first-order chi connectivity index (χ1) is 17.9. The molecular weight excluding hydrogens is 477 g/mol. The molecule has 0 spiro atoms. The second-order valence-electron chi connectivity index (χ2n) is 10.9. The highest BCUT2D eigenvalue weighted by Gasteiger charge is 2.32. The molecule has 0 saturated heterocycles. The van der Waals surface area contributed by atoms with Gasteiger partial charge in [-0.05, 0) is 92.4 Å². The quantitative estimate of drug-likeness (QED) is 0.190. The molecule has 2 fully saturated rings. The summed E-state index contributed by atoms with van der Waals surface area (Å²) in [6.45, 7) is 2.21. The smallest absolute Gasteiger partial charge is 0.314 e. The maximum absolute atomic E-state index is 15.2. The third-order valence-corrected chi connectivity index (χ3v) is 8.49. The maximum Gasteiger partial charge on any atom is 0.314 e. The molecule has 2 aromatic carbocycles. The van der Waals surface area contributed by atoms with Gasteiger partial charge in [0.05, 0.1) is 13.0 Å². The molecule has 2 saturated carbocycles. The number of ether oxygens (including phenoxy) is 2. The minimum atomic E-state index is -0.728. The first-order valence-corrected chi connectivity index (χ1v) is 13.9. The van der Waals surface area contributed by atoms with Crippen LogP contribution >= 0.6 is 0 Å². The maximum atomic E-state index is 15.2. The van der Waals surface area contributed by atoms with Crippen LogP contribution in [0.4, 0.5) is 13.2 Å². The molecule has 2 aliphatic carbocycles. The summed E-state index contributed by atoms with van der Waals surface area (Å²) in [5.41, 5.74) is 0.926. The molecule has 2 aliphatic rings. The van der Waals surface area contributed by atoms with E-state index in [1.807, 2.05) is 0 Å². The number of carbonyl (C=O) groups is 1. The molecule has 0 heterocycles. The van der Waals surface area contributed by atoms with Gasteiger partial charge >= 0.3 is 5.97 Å². The van der Waals surface area contributed by atoms with Gasteiger partial charge in [0.1, 0.15) is 5.75 Å². The molecule has 0 radical (unpaired) electrons. The first-order valence-electron chi connectivity index (χ1n) is 13.9. The molecule has 4 rings (SSSR count). The number of hydrogen-bond donors (Lipinski definition) is 0. The second-order valence-corrected chi connectivity index (χ2v) is 10.9. The van der Waals surface area contributed by atoms with Crippen molar-refractivity contribution in [3.05, 3.63) is 58.9 Å². The summed E-state index contributed by atoms with van der Waals surface area (Å²) in [6, 6.07) is 7.62. The minimum absolute atomic E-state index is 0.0924. The van der Waals surface area contributed by atoms with Crippen molar-refractivity contribution in [2.75, 3.05) is 7.11 Å². The number of carbonyl (C=O) groups excluding carboxylic acids is 1. The van der Waals surface area contributed by atoms with Crippen molar-refractivity contribution in [2.45, 2.75) is 95.8 Å². The van der Waals surface area contributed by atoms with Crippen LogP contribution in [0.3, 0.4) is 0 Å². The highest BCUT2D eigenvalue weighted by molar-refractivity contribution is 5.75.